The van der Waals surface area contributed by atoms with Gasteiger partial charge in [-0.2, -0.15) is 0 Å². The predicted molar refractivity (Wildman–Crippen MR) is 81.6 cm³/mol. The van der Waals surface area contributed by atoms with E-state index in [0.717, 1.165) is 22.4 Å². The first kappa shape index (κ1) is 14.4. The van der Waals surface area contributed by atoms with E-state index in [-0.39, 0.29) is 12.4 Å². The quantitative estimate of drug-likeness (QED) is 0.805. The molecule has 0 aliphatic heterocycles. The maximum absolute atomic E-state index is 13.0. The molecule has 5 heteroatoms. The highest BCUT2D eigenvalue weighted by Gasteiger charge is 2.14. The van der Waals surface area contributed by atoms with E-state index in [1.807, 2.05) is 31.2 Å². The second-order valence-electron chi connectivity index (χ2n) is 5.20. The average molecular weight is 297 g/mol. The third-order valence-electron chi connectivity index (χ3n) is 3.49. The molecule has 0 radical (unpaired) electrons. The van der Waals surface area contributed by atoms with Gasteiger partial charge < -0.3 is 5.11 Å². The van der Waals surface area contributed by atoms with Crippen molar-refractivity contribution in [2.24, 2.45) is 0 Å². The number of aliphatic hydroxyl groups excluding tert-OH is 1. The summed E-state index contributed by atoms with van der Waals surface area (Å²) in [5, 5.41) is 17.7. The topological polar surface area (TPSA) is 50.9 Å². The second kappa shape index (κ2) is 6.07. The lowest BCUT2D eigenvalue weighted by Crippen LogP contribution is -2.05. The van der Waals surface area contributed by atoms with Gasteiger partial charge in [-0.3, -0.25) is 0 Å². The summed E-state index contributed by atoms with van der Waals surface area (Å²) in [5.41, 5.74) is 4.32. The normalized spacial score (nSPS) is 10.9. The lowest BCUT2D eigenvalue weighted by Gasteiger charge is -2.09. The van der Waals surface area contributed by atoms with Crippen LogP contribution < -0.4 is 0 Å². The third kappa shape index (κ3) is 2.89. The molecule has 0 spiro atoms. The molecule has 0 aliphatic rings. The minimum atomic E-state index is -0.266. The monoisotopic (exact) mass is 297 g/mol. The summed E-state index contributed by atoms with van der Waals surface area (Å²) in [6.07, 6.45) is 0. The van der Waals surface area contributed by atoms with E-state index >= 15 is 0 Å². The van der Waals surface area contributed by atoms with E-state index in [1.165, 1.54) is 12.1 Å². The smallest absolute Gasteiger partial charge is 0.123 e. The Balaban J connectivity index is 2.02. The number of aryl methyl sites for hydroxylation is 1. The molecular weight excluding hydrogens is 281 g/mol. The molecule has 0 saturated heterocycles. The van der Waals surface area contributed by atoms with Crippen LogP contribution in [-0.2, 0) is 13.2 Å². The number of halogens is 1. The molecule has 0 unspecified atom stereocenters. The fourth-order valence-corrected chi connectivity index (χ4v) is 2.44. The highest BCUT2D eigenvalue weighted by atomic mass is 19.1. The van der Waals surface area contributed by atoms with Crippen LogP contribution in [0.3, 0.4) is 0 Å². The summed E-state index contributed by atoms with van der Waals surface area (Å²) in [6, 6.07) is 14.2. The van der Waals surface area contributed by atoms with E-state index in [4.69, 9.17) is 0 Å². The van der Waals surface area contributed by atoms with Crippen molar-refractivity contribution < 1.29 is 9.50 Å². The molecule has 1 heterocycles. The minimum absolute atomic E-state index is 0.174. The molecule has 22 heavy (non-hydrogen) atoms. The van der Waals surface area contributed by atoms with Gasteiger partial charge in [0.2, 0.25) is 0 Å². The molecule has 3 aromatic rings. The lowest BCUT2D eigenvalue weighted by atomic mass is 10.1. The summed E-state index contributed by atoms with van der Waals surface area (Å²) >= 11 is 0. The van der Waals surface area contributed by atoms with E-state index in [9.17, 15) is 9.50 Å². The van der Waals surface area contributed by atoms with Crippen molar-refractivity contribution in [3.05, 3.63) is 71.2 Å². The molecule has 1 aromatic heterocycles. The Morgan fingerprint density at radius 2 is 1.91 bits per heavy atom. The van der Waals surface area contributed by atoms with Crippen LogP contribution in [0.15, 0.2) is 48.5 Å². The van der Waals surface area contributed by atoms with Crippen LogP contribution in [-0.4, -0.2) is 20.1 Å². The zero-order valence-electron chi connectivity index (χ0n) is 12.2. The molecule has 0 aliphatic carbocycles. The molecule has 3 rings (SSSR count). The van der Waals surface area contributed by atoms with Crippen LogP contribution in [0, 0.1) is 12.7 Å². The zero-order chi connectivity index (χ0) is 15.5. The summed E-state index contributed by atoms with van der Waals surface area (Å²) in [5.74, 6) is -0.266. The largest absolute Gasteiger partial charge is 0.390 e. The number of nitrogens with zero attached hydrogens (tertiary/aromatic N) is 3. The van der Waals surface area contributed by atoms with Crippen LogP contribution in [0.1, 0.15) is 16.8 Å². The average Bonchev–Trinajstić information content (AvgIpc) is 2.92. The first-order valence-electron chi connectivity index (χ1n) is 7.02. The zero-order valence-corrected chi connectivity index (χ0v) is 12.2. The van der Waals surface area contributed by atoms with E-state index < -0.39 is 0 Å². The number of aromatic nitrogens is 3. The molecule has 0 saturated carbocycles. The highest BCUT2D eigenvalue weighted by molar-refractivity contribution is 5.62. The standard InChI is InChI=1S/C17H16FN3O/c1-12-3-2-4-14(9-12)17-16(11-22)19-20-21(17)10-13-5-7-15(18)8-6-13/h2-9,22H,10-11H2,1H3. The maximum Gasteiger partial charge on any atom is 0.123 e. The predicted octanol–water partition coefficient (Wildman–Crippen LogP) is 2.93. The van der Waals surface area contributed by atoms with Crippen molar-refractivity contribution in [3.8, 4) is 11.3 Å². The van der Waals surface area contributed by atoms with E-state index in [1.54, 1.807) is 16.8 Å². The summed E-state index contributed by atoms with van der Waals surface area (Å²) < 4.78 is 14.7. The van der Waals surface area contributed by atoms with Gasteiger partial charge in [0.05, 0.1) is 18.8 Å². The van der Waals surface area contributed by atoms with Gasteiger partial charge in [-0.15, -0.1) is 5.10 Å². The number of hydrogen-bond acceptors (Lipinski definition) is 3. The van der Waals surface area contributed by atoms with Crippen molar-refractivity contribution in [1.82, 2.24) is 15.0 Å². The molecule has 112 valence electrons. The van der Waals surface area contributed by atoms with Gasteiger partial charge in [-0.25, -0.2) is 9.07 Å². The first-order chi connectivity index (χ1) is 10.7. The van der Waals surface area contributed by atoms with Crippen molar-refractivity contribution in [1.29, 1.82) is 0 Å². The Morgan fingerprint density at radius 3 is 2.59 bits per heavy atom. The van der Waals surface area contributed by atoms with Gasteiger partial charge in [0, 0.05) is 5.56 Å². The second-order valence-corrected chi connectivity index (χ2v) is 5.20. The minimum Gasteiger partial charge on any atom is -0.390 e. The number of aliphatic hydroxyl groups is 1. The van der Waals surface area contributed by atoms with Crippen molar-refractivity contribution in [3.63, 3.8) is 0 Å². The van der Waals surface area contributed by atoms with Crippen LogP contribution in [0.2, 0.25) is 0 Å². The Hall–Kier alpha value is -2.53. The van der Waals surface area contributed by atoms with Gasteiger partial charge in [-0.05, 0) is 30.7 Å². The molecule has 0 amide bonds. The molecule has 0 fully saturated rings. The van der Waals surface area contributed by atoms with Crippen LogP contribution in [0.25, 0.3) is 11.3 Å². The Kier molecular flexibility index (Phi) is 3.98. The Bertz CT molecular complexity index is 781. The van der Waals surface area contributed by atoms with Crippen molar-refractivity contribution >= 4 is 0 Å². The van der Waals surface area contributed by atoms with E-state index in [0.29, 0.717) is 12.2 Å². The van der Waals surface area contributed by atoms with Gasteiger partial charge >= 0.3 is 0 Å². The molecule has 0 atom stereocenters. The first-order valence-corrected chi connectivity index (χ1v) is 7.02. The SMILES string of the molecule is Cc1cccc(-c2c(CO)nnn2Cc2ccc(F)cc2)c1. The Labute approximate surface area is 127 Å². The van der Waals surface area contributed by atoms with Crippen molar-refractivity contribution in [2.45, 2.75) is 20.1 Å². The third-order valence-corrected chi connectivity index (χ3v) is 3.49. The number of hydrogen-bond donors (Lipinski definition) is 1. The van der Waals surface area contributed by atoms with Gasteiger partial charge in [-0.1, -0.05) is 41.1 Å². The lowest BCUT2D eigenvalue weighted by molar-refractivity contribution is 0.277. The Morgan fingerprint density at radius 1 is 1.14 bits per heavy atom. The number of rotatable bonds is 4. The maximum atomic E-state index is 13.0. The molecule has 2 aromatic carbocycles. The number of benzene rings is 2. The summed E-state index contributed by atoms with van der Waals surface area (Å²) in [6.45, 7) is 2.31. The van der Waals surface area contributed by atoms with Gasteiger partial charge in [0.1, 0.15) is 11.5 Å². The van der Waals surface area contributed by atoms with Crippen LogP contribution in [0.4, 0.5) is 4.39 Å². The molecule has 4 nitrogen and oxygen atoms in total. The summed E-state index contributed by atoms with van der Waals surface area (Å²) in [7, 11) is 0. The fourth-order valence-electron chi connectivity index (χ4n) is 2.44. The van der Waals surface area contributed by atoms with Crippen molar-refractivity contribution in [2.75, 3.05) is 0 Å². The molecule has 1 N–H and O–H groups in total. The van der Waals surface area contributed by atoms with Gasteiger partial charge in [0.15, 0.2) is 0 Å². The highest BCUT2D eigenvalue weighted by Crippen LogP contribution is 2.24. The molecule has 0 bridgehead atoms. The van der Waals surface area contributed by atoms with E-state index in [2.05, 4.69) is 10.3 Å². The summed E-state index contributed by atoms with van der Waals surface area (Å²) in [4.78, 5) is 0. The fraction of sp³-hybridized carbons (Fsp3) is 0.176. The van der Waals surface area contributed by atoms with Crippen LogP contribution in [0.5, 0.6) is 0 Å². The van der Waals surface area contributed by atoms with Gasteiger partial charge in [0.25, 0.3) is 0 Å². The van der Waals surface area contributed by atoms with Crippen LogP contribution >= 0.6 is 0 Å². The molecular formula is C17H16FN3O.